The number of thioether (sulfide) groups is 1. The van der Waals surface area contributed by atoms with Crippen LogP contribution in [0.3, 0.4) is 0 Å². The maximum absolute atomic E-state index is 13.2. The molecule has 0 bridgehead atoms. The van der Waals surface area contributed by atoms with Crippen molar-refractivity contribution in [3.05, 3.63) is 24.3 Å². The van der Waals surface area contributed by atoms with Gasteiger partial charge in [-0.15, -0.1) is 11.8 Å². The van der Waals surface area contributed by atoms with Crippen molar-refractivity contribution < 1.29 is 4.39 Å². The van der Waals surface area contributed by atoms with Crippen LogP contribution in [0.25, 0.3) is 0 Å². The lowest BCUT2D eigenvalue weighted by atomic mass is 10.1. The van der Waals surface area contributed by atoms with Crippen LogP contribution in [0.15, 0.2) is 34.1 Å². The third kappa shape index (κ3) is 3.40. The van der Waals surface area contributed by atoms with Crippen LogP contribution in [0.4, 0.5) is 4.39 Å². The number of piperidine rings is 1. The van der Waals surface area contributed by atoms with E-state index in [1.165, 1.54) is 9.79 Å². The Morgan fingerprint density at radius 1 is 1.25 bits per heavy atom. The minimum Gasteiger partial charge on any atom is -0.246 e. The molecular weight excluding hydrogens is 241 g/mol. The number of halogens is 1. The van der Waals surface area contributed by atoms with Gasteiger partial charge in [0.2, 0.25) is 0 Å². The van der Waals surface area contributed by atoms with Crippen molar-refractivity contribution >= 4 is 23.7 Å². The Morgan fingerprint density at radius 2 is 1.94 bits per heavy atom. The van der Waals surface area contributed by atoms with Crippen LogP contribution in [-0.2, 0) is 0 Å². The van der Waals surface area contributed by atoms with Crippen LogP contribution in [0.2, 0.25) is 0 Å². The fourth-order valence-corrected chi connectivity index (χ4v) is 3.18. The summed E-state index contributed by atoms with van der Waals surface area (Å²) in [6.45, 7) is 1.56. The zero-order valence-electron chi connectivity index (χ0n) is 9.36. The second-order valence-electron chi connectivity index (χ2n) is 3.89. The lowest BCUT2D eigenvalue weighted by Crippen LogP contribution is -2.31. The summed E-state index contributed by atoms with van der Waals surface area (Å²) < 4.78 is 15.3. The van der Waals surface area contributed by atoms with Gasteiger partial charge in [-0.05, 0) is 55.3 Å². The summed E-state index contributed by atoms with van der Waals surface area (Å²) >= 11 is 3.41. The number of alkyl halides is 1. The van der Waals surface area contributed by atoms with Crippen LogP contribution in [0.1, 0.15) is 12.8 Å². The maximum atomic E-state index is 13.2. The predicted octanol–water partition coefficient (Wildman–Crippen LogP) is 3.85. The zero-order valence-corrected chi connectivity index (χ0v) is 11.0. The molecule has 1 aromatic carbocycles. The van der Waals surface area contributed by atoms with E-state index in [2.05, 4.69) is 34.8 Å². The Morgan fingerprint density at radius 3 is 2.56 bits per heavy atom. The fraction of sp³-hybridized carbons (Fsp3) is 0.500. The van der Waals surface area contributed by atoms with E-state index in [1.54, 1.807) is 23.7 Å². The molecule has 1 saturated heterocycles. The summed E-state index contributed by atoms with van der Waals surface area (Å²) in [5.74, 6) is 0. The standard InChI is InChI=1S/C12H16FNS2/c1-15-11-4-6-12(7-5-11)16-14-8-2-3-10(13)9-14/h4-7,10H,2-3,8-9H2,1H3. The molecule has 4 heteroatoms. The Bertz CT molecular complexity index is 328. The lowest BCUT2D eigenvalue weighted by molar-refractivity contribution is 0.213. The summed E-state index contributed by atoms with van der Waals surface area (Å²) in [6.07, 6.45) is 3.12. The number of benzene rings is 1. The van der Waals surface area contributed by atoms with Gasteiger partial charge < -0.3 is 0 Å². The summed E-state index contributed by atoms with van der Waals surface area (Å²) in [6, 6.07) is 8.45. The quantitative estimate of drug-likeness (QED) is 0.598. The first-order valence-corrected chi connectivity index (χ1v) is 7.49. The highest BCUT2D eigenvalue weighted by Crippen LogP contribution is 2.28. The van der Waals surface area contributed by atoms with Gasteiger partial charge in [0.1, 0.15) is 6.17 Å². The summed E-state index contributed by atoms with van der Waals surface area (Å²) in [7, 11) is 0. The molecular formula is C12H16FNS2. The second kappa shape index (κ2) is 5.94. The first kappa shape index (κ1) is 12.3. The van der Waals surface area contributed by atoms with Gasteiger partial charge in [0, 0.05) is 22.9 Å². The van der Waals surface area contributed by atoms with Gasteiger partial charge in [0.05, 0.1) is 0 Å². The van der Waals surface area contributed by atoms with Gasteiger partial charge >= 0.3 is 0 Å². The molecule has 2 rings (SSSR count). The van der Waals surface area contributed by atoms with E-state index in [-0.39, 0.29) is 0 Å². The third-order valence-corrected chi connectivity index (χ3v) is 4.44. The fourth-order valence-electron chi connectivity index (χ4n) is 1.76. The molecule has 0 N–H and O–H groups in total. The molecule has 1 atom stereocenters. The van der Waals surface area contributed by atoms with E-state index >= 15 is 0 Å². The third-order valence-electron chi connectivity index (χ3n) is 2.62. The Hall–Kier alpha value is -0.190. The lowest BCUT2D eigenvalue weighted by Gasteiger charge is -2.27. The molecule has 1 unspecified atom stereocenters. The van der Waals surface area contributed by atoms with Crippen molar-refractivity contribution in [3.8, 4) is 0 Å². The monoisotopic (exact) mass is 257 g/mol. The van der Waals surface area contributed by atoms with Gasteiger partial charge in [-0.25, -0.2) is 8.70 Å². The molecule has 0 spiro atoms. The predicted molar refractivity (Wildman–Crippen MR) is 69.8 cm³/mol. The minimum atomic E-state index is -0.647. The molecule has 1 aromatic rings. The molecule has 88 valence electrons. The van der Waals surface area contributed by atoms with Crippen molar-refractivity contribution in [3.63, 3.8) is 0 Å². The zero-order chi connectivity index (χ0) is 11.4. The molecule has 1 fully saturated rings. The molecule has 1 nitrogen and oxygen atoms in total. The first-order chi connectivity index (χ1) is 7.78. The van der Waals surface area contributed by atoms with E-state index < -0.39 is 6.17 Å². The van der Waals surface area contributed by atoms with Crippen LogP contribution in [0.5, 0.6) is 0 Å². The second-order valence-corrected chi connectivity index (χ2v) is 5.94. The van der Waals surface area contributed by atoms with Crippen molar-refractivity contribution in [1.82, 2.24) is 4.31 Å². The molecule has 0 aliphatic carbocycles. The Kier molecular flexibility index (Phi) is 4.55. The van der Waals surface area contributed by atoms with Crippen LogP contribution < -0.4 is 0 Å². The average molecular weight is 257 g/mol. The smallest absolute Gasteiger partial charge is 0.114 e. The summed E-state index contributed by atoms with van der Waals surface area (Å²) in [5, 5.41) is 0. The van der Waals surface area contributed by atoms with E-state index in [9.17, 15) is 4.39 Å². The Balaban J connectivity index is 1.92. The minimum absolute atomic E-state index is 0.564. The summed E-state index contributed by atoms with van der Waals surface area (Å²) in [4.78, 5) is 2.47. The van der Waals surface area contributed by atoms with Crippen molar-refractivity contribution in [2.24, 2.45) is 0 Å². The number of hydrogen-bond donors (Lipinski definition) is 0. The van der Waals surface area contributed by atoms with Crippen LogP contribution in [-0.4, -0.2) is 29.8 Å². The van der Waals surface area contributed by atoms with Crippen molar-refractivity contribution in [2.45, 2.75) is 28.8 Å². The van der Waals surface area contributed by atoms with Gasteiger partial charge in [-0.2, -0.15) is 0 Å². The SMILES string of the molecule is CSc1ccc(SN2CCCC(F)C2)cc1. The van der Waals surface area contributed by atoms with Crippen molar-refractivity contribution in [1.29, 1.82) is 0 Å². The van der Waals surface area contributed by atoms with E-state index in [4.69, 9.17) is 0 Å². The average Bonchev–Trinajstić information content (AvgIpc) is 2.30. The van der Waals surface area contributed by atoms with Gasteiger partial charge in [-0.1, -0.05) is 0 Å². The molecule has 0 saturated carbocycles. The van der Waals surface area contributed by atoms with Gasteiger partial charge in [-0.3, -0.25) is 0 Å². The molecule has 0 amide bonds. The summed E-state index contributed by atoms with van der Waals surface area (Å²) in [5.41, 5.74) is 0. The molecule has 1 aliphatic heterocycles. The molecule has 1 aliphatic rings. The van der Waals surface area contributed by atoms with E-state index in [1.807, 2.05) is 0 Å². The van der Waals surface area contributed by atoms with E-state index in [0.717, 1.165) is 19.4 Å². The van der Waals surface area contributed by atoms with E-state index in [0.29, 0.717) is 6.54 Å². The van der Waals surface area contributed by atoms with Gasteiger partial charge in [0.15, 0.2) is 0 Å². The highest BCUT2D eigenvalue weighted by Gasteiger charge is 2.19. The Labute approximate surface area is 105 Å². The highest BCUT2D eigenvalue weighted by atomic mass is 32.2. The van der Waals surface area contributed by atoms with Crippen molar-refractivity contribution in [2.75, 3.05) is 19.3 Å². The molecule has 0 radical (unpaired) electrons. The van der Waals surface area contributed by atoms with Gasteiger partial charge in [0.25, 0.3) is 0 Å². The molecule has 16 heavy (non-hydrogen) atoms. The number of hydrogen-bond acceptors (Lipinski definition) is 3. The maximum Gasteiger partial charge on any atom is 0.114 e. The number of nitrogens with zero attached hydrogens (tertiary/aromatic N) is 1. The first-order valence-electron chi connectivity index (χ1n) is 5.49. The largest absolute Gasteiger partial charge is 0.246 e. The highest BCUT2D eigenvalue weighted by molar-refractivity contribution is 7.98. The molecule has 1 heterocycles. The van der Waals surface area contributed by atoms with Crippen LogP contribution in [0, 0.1) is 0 Å². The molecule has 0 aromatic heterocycles. The number of rotatable bonds is 3. The normalized spacial score (nSPS) is 22.2. The van der Waals surface area contributed by atoms with Crippen LogP contribution >= 0.6 is 23.7 Å². The topological polar surface area (TPSA) is 3.24 Å².